The number of thiophene rings is 1. The number of rotatable bonds is 4. The number of carbonyl (C=O) groups excluding carboxylic acids is 1. The summed E-state index contributed by atoms with van der Waals surface area (Å²) in [6.45, 7) is 2.19. The van der Waals surface area contributed by atoms with Crippen LogP contribution in [0.2, 0.25) is 0 Å². The molecule has 0 bridgehead atoms. The molecular weight excluding hydrogens is 234 g/mol. The van der Waals surface area contributed by atoms with Gasteiger partial charge in [-0.15, -0.1) is 11.3 Å². The van der Waals surface area contributed by atoms with Gasteiger partial charge >= 0.3 is 0 Å². The van der Waals surface area contributed by atoms with Gasteiger partial charge in [0.1, 0.15) is 0 Å². The third-order valence-electron chi connectivity index (χ3n) is 2.27. The van der Waals surface area contributed by atoms with Crippen molar-refractivity contribution in [3.8, 4) is 0 Å². The quantitative estimate of drug-likeness (QED) is 0.815. The molecule has 17 heavy (non-hydrogen) atoms. The lowest BCUT2D eigenvalue weighted by Crippen LogP contribution is -1.97. The summed E-state index contributed by atoms with van der Waals surface area (Å²) < 4.78 is 0. The average Bonchev–Trinajstić information content (AvgIpc) is 2.69. The molecule has 0 saturated heterocycles. The first-order chi connectivity index (χ1) is 8.16. The molecule has 2 aromatic heterocycles. The van der Waals surface area contributed by atoms with Gasteiger partial charge in [0, 0.05) is 25.9 Å². The molecule has 0 aliphatic heterocycles. The predicted molar refractivity (Wildman–Crippen MR) is 70.3 cm³/mol. The van der Waals surface area contributed by atoms with Gasteiger partial charge in [0.25, 0.3) is 0 Å². The van der Waals surface area contributed by atoms with E-state index in [-0.39, 0.29) is 5.78 Å². The Labute approximate surface area is 103 Å². The maximum Gasteiger partial charge on any atom is 0.171 e. The molecule has 0 aliphatic rings. The Morgan fingerprint density at radius 2 is 2.41 bits per heavy atom. The Morgan fingerprint density at radius 3 is 3.00 bits per heavy atom. The van der Waals surface area contributed by atoms with E-state index in [1.54, 1.807) is 18.5 Å². The number of nitrogens with one attached hydrogen (secondary N) is 1. The molecule has 3 N–H and O–H groups in total. The lowest BCUT2D eigenvalue weighted by Gasteiger charge is -2.02. The Balaban J connectivity index is 2.05. The molecule has 0 aliphatic carbocycles. The molecule has 88 valence electrons. The molecule has 2 heterocycles. The summed E-state index contributed by atoms with van der Waals surface area (Å²) in [5, 5.41) is 4.12. The number of Topliss-reactive ketones (excluding diaryl/α,β-unsaturated/α-hetero) is 1. The predicted octanol–water partition coefficient (Wildman–Crippen LogP) is 2.54. The van der Waals surface area contributed by atoms with Gasteiger partial charge in [-0.2, -0.15) is 0 Å². The molecule has 0 atom stereocenters. The van der Waals surface area contributed by atoms with Crippen LogP contribution in [0.15, 0.2) is 30.6 Å². The van der Waals surface area contributed by atoms with E-state index in [0.29, 0.717) is 17.1 Å². The fraction of sp³-hybridized carbons (Fsp3) is 0.167. The van der Waals surface area contributed by atoms with Crippen molar-refractivity contribution in [3.63, 3.8) is 0 Å². The fourth-order valence-electron chi connectivity index (χ4n) is 1.46. The number of nitrogens with zero attached hydrogens (tertiary/aromatic N) is 1. The van der Waals surface area contributed by atoms with E-state index in [9.17, 15) is 4.79 Å². The van der Waals surface area contributed by atoms with Gasteiger partial charge in [0.15, 0.2) is 5.78 Å². The highest BCUT2D eigenvalue weighted by Crippen LogP contribution is 2.29. The second-order valence-electron chi connectivity index (χ2n) is 3.67. The first kappa shape index (κ1) is 11.6. The monoisotopic (exact) mass is 247 g/mol. The highest BCUT2D eigenvalue weighted by molar-refractivity contribution is 7.18. The van der Waals surface area contributed by atoms with Crippen molar-refractivity contribution in [1.82, 2.24) is 4.98 Å². The Hall–Kier alpha value is -1.88. The van der Waals surface area contributed by atoms with Gasteiger partial charge in [-0.25, -0.2) is 0 Å². The van der Waals surface area contributed by atoms with Crippen LogP contribution in [0.3, 0.4) is 0 Å². The van der Waals surface area contributed by atoms with Crippen molar-refractivity contribution >= 4 is 27.8 Å². The van der Waals surface area contributed by atoms with Crippen molar-refractivity contribution in [3.05, 3.63) is 41.0 Å². The van der Waals surface area contributed by atoms with E-state index in [1.165, 1.54) is 18.3 Å². The van der Waals surface area contributed by atoms with Gasteiger partial charge in [-0.1, -0.05) is 6.07 Å². The minimum Gasteiger partial charge on any atom is -0.397 e. The van der Waals surface area contributed by atoms with Gasteiger partial charge < -0.3 is 11.1 Å². The molecule has 0 fully saturated rings. The minimum atomic E-state index is 0.00178. The molecule has 0 spiro atoms. The normalized spacial score (nSPS) is 10.2. The topological polar surface area (TPSA) is 68.0 Å². The van der Waals surface area contributed by atoms with E-state index >= 15 is 0 Å². The molecule has 2 rings (SSSR count). The first-order valence-electron chi connectivity index (χ1n) is 5.20. The standard InChI is InChI=1S/C12H13N3OS/c1-8(16)12-10(13)5-11(17-12)15-7-9-3-2-4-14-6-9/h2-6,15H,7,13H2,1H3. The molecule has 0 amide bonds. The number of pyridine rings is 1. The van der Waals surface area contributed by atoms with Crippen LogP contribution in [0, 0.1) is 0 Å². The SMILES string of the molecule is CC(=O)c1sc(NCc2cccnc2)cc1N. The Bertz CT molecular complexity index is 522. The van der Waals surface area contributed by atoms with Crippen LogP contribution >= 0.6 is 11.3 Å². The number of nitrogens with two attached hydrogens (primary N) is 1. The first-order valence-corrected chi connectivity index (χ1v) is 6.01. The molecule has 0 unspecified atom stereocenters. The second kappa shape index (κ2) is 4.97. The van der Waals surface area contributed by atoms with E-state index in [0.717, 1.165) is 10.6 Å². The number of ketones is 1. The summed E-state index contributed by atoms with van der Waals surface area (Å²) in [6.07, 6.45) is 3.54. The summed E-state index contributed by atoms with van der Waals surface area (Å²) >= 11 is 1.38. The Kier molecular flexibility index (Phi) is 3.39. The number of carbonyl (C=O) groups is 1. The second-order valence-corrected chi connectivity index (χ2v) is 4.72. The number of nitrogen functional groups attached to an aromatic ring is 1. The molecule has 0 aromatic carbocycles. The van der Waals surface area contributed by atoms with Gasteiger partial charge in [-0.05, 0) is 17.7 Å². The van der Waals surface area contributed by atoms with E-state index in [1.807, 2.05) is 12.1 Å². The summed E-state index contributed by atoms with van der Waals surface area (Å²) in [6, 6.07) is 5.67. The zero-order valence-corrected chi connectivity index (χ0v) is 10.3. The molecule has 4 nitrogen and oxygen atoms in total. The van der Waals surface area contributed by atoms with Crippen LogP contribution in [0.4, 0.5) is 10.7 Å². The van der Waals surface area contributed by atoms with E-state index in [2.05, 4.69) is 10.3 Å². The van der Waals surface area contributed by atoms with Gasteiger partial charge in [0.05, 0.1) is 15.6 Å². The zero-order valence-electron chi connectivity index (χ0n) is 9.43. The lowest BCUT2D eigenvalue weighted by molar-refractivity contribution is 0.102. The summed E-state index contributed by atoms with van der Waals surface area (Å²) in [5.74, 6) is 0.00178. The lowest BCUT2D eigenvalue weighted by atomic mass is 10.3. The molecule has 2 aromatic rings. The van der Waals surface area contributed by atoms with Gasteiger partial charge in [-0.3, -0.25) is 9.78 Å². The summed E-state index contributed by atoms with van der Waals surface area (Å²) in [5.41, 5.74) is 7.37. The van der Waals surface area contributed by atoms with Crippen molar-refractivity contribution in [2.24, 2.45) is 0 Å². The van der Waals surface area contributed by atoms with Crippen molar-refractivity contribution in [1.29, 1.82) is 0 Å². The molecular formula is C12H13N3OS. The summed E-state index contributed by atoms with van der Waals surface area (Å²) in [4.78, 5) is 15.9. The third-order valence-corrected chi connectivity index (χ3v) is 3.48. The maximum atomic E-state index is 11.2. The van der Waals surface area contributed by atoms with Crippen molar-refractivity contribution in [2.45, 2.75) is 13.5 Å². The number of hydrogen-bond donors (Lipinski definition) is 2. The average molecular weight is 247 g/mol. The fourth-order valence-corrected chi connectivity index (χ4v) is 2.33. The highest BCUT2D eigenvalue weighted by Gasteiger charge is 2.09. The number of aromatic nitrogens is 1. The molecule has 5 heteroatoms. The molecule has 0 radical (unpaired) electrons. The highest BCUT2D eigenvalue weighted by atomic mass is 32.1. The minimum absolute atomic E-state index is 0.00178. The third kappa shape index (κ3) is 2.82. The molecule has 0 saturated carbocycles. The van der Waals surface area contributed by atoms with Crippen LogP contribution < -0.4 is 11.1 Å². The van der Waals surface area contributed by atoms with Crippen molar-refractivity contribution in [2.75, 3.05) is 11.1 Å². The van der Waals surface area contributed by atoms with Crippen LogP contribution in [0.5, 0.6) is 0 Å². The van der Waals surface area contributed by atoms with Crippen LogP contribution in [-0.4, -0.2) is 10.8 Å². The van der Waals surface area contributed by atoms with Gasteiger partial charge in [0.2, 0.25) is 0 Å². The largest absolute Gasteiger partial charge is 0.397 e. The van der Waals surface area contributed by atoms with Crippen LogP contribution in [-0.2, 0) is 6.54 Å². The van der Waals surface area contributed by atoms with E-state index < -0.39 is 0 Å². The van der Waals surface area contributed by atoms with E-state index in [4.69, 9.17) is 5.73 Å². The van der Waals surface area contributed by atoms with Crippen LogP contribution in [0.25, 0.3) is 0 Å². The van der Waals surface area contributed by atoms with Crippen LogP contribution in [0.1, 0.15) is 22.2 Å². The van der Waals surface area contributed by atoms with Crippen molar-refractivity contribution < 1.29 is 4.79 Å². The zero-order chi connectivity index (χ0) is 12.3. The number of anilines is 2. The number of hydrogen-bond acceptors (Lipinski definition) is 5. The maximum absolute atomic E-state index is 11.2. The Morgan fingerprint density at radius 1 is 1.59 bits per heavy atom. The smallest absolute Gasteiger partial charge is 0.171 e. The summed E-state index contributed by atoms with van der Waals surface area (Å²) in [7, 11) is 0.